The molecular weight excluding hydrogens is 383 g/mol. The maximum Gasteiger partial charge on any atom is 0.304 e. The lowest BCUT2D eigenvalue weighted by Gasteiger charge is -2.27. The lowest BCUT2D eigenvalue weighted by atomic mass is 10.2. The molecule has 152 valence electrons. The number of hydrogen-bond acceptors (Lipinski definition) is 4. The second-order valence-electron chi connectivity index (χ2n) is 6.59. The molecule has 0 radical (unpaired) electrons. The molecular formula is C19H25FN4O3S. The molecule has 2 rings (SSSR count). The summed E-state index contributed by atoms with van der Waals surface area (Å²) in [4.78, 5) is 14.3. The summed E-state index contributed by atoms with van der Waals surface area (Å²) >= 11 is 0. The molecule has 0 aliphatic carbocycles. The van der Waals surface area contributed by atoms with Crippen LogP contribution in [0.5, 0.6) is 0 Å². The Morgan fingerprint density at radius 1 is 1.00 bits per heavy atom. The van der Waals surface area contributed by atoms with E-state index in [2.05, 4.69) is 5.32 Å². The molecule has 0 fully saturated rings. The normalized spacial score (nSPS) is 11.4. The Bertz CT molecular complexity index is 915. The zero-order valence-corrected chi connectivity index (χ0v) is 17.2. The smallest absolute Gasteiger partial charge is 0.304 e. The Kier molecular flexibility index (Phi) is 6.98. The molecule has 1 amide bonds. The van der Waals surface area contributed by atoms with Gasteiger partial charge in [-0.3, -0.25) is 4.79 Å². The second-order valence-corrected chi connectivity index (χ2v) is 8.65. The standard InChI is InChI=1S/C19H25FN4O3S/c1-22(2)16-11-9-15(10-12-16)13-21-19(25)14-24(28(26,27)23(3)4)18-8-6-5-7-17(18)20/h5-12H,13-14H2,1-4H3,(H,21,25). The van der Waals surface area contributed by atoms with Gasteiger partial charge in [0.25, 0.3) is 0 Å². The van der Waals surface area contributed by atoms with Gasteiger partial charge in [-0.25, -0.2) is 8.70 Å². The molecule has 0 atom stereocenters. The third-order valence-electron chi connectivity index (χ3n) is 4.09. The maximum absolute atomic E-state index is 14.2. The van der Waals surface area contributed by atoms with Gasteiger partial charge in [-0.05, 0) is 29.8 Å². The first kappa shape index (κ1) is 21.6. The number of para-hydroxylation sites is 1. The highest BCUT2D eigenvalue weighted by atomic mass is 32.2. The third-order valence-corrected chi connectivity index (χ3v) is 5.90. The summed E-state index contributed by atoms with van der Waals surface area (Å²) in [6.45, 7) is -0.295. The predicted octanol–water partition coefficient (Wildman–Crippen LogP) is 1.82. The minimum Gasteiger partial charge on any atom is -0.378 e. The average Bonchev–Trinajstić information content (AvgIpc) is 2.65. The molecule has 2 aromatic rings. The van der Waals surface area contributed by atoms with E-state index < -0.39 is 28.5 Å². The summed E-state index contributed by atoms with van der Waals surface area (Å²) in [7, 11) is 2.47. The van der Waals surface area contributed by atoms with Gasteiger partial charge in [0.15, 0.2) is 0 Å². The van der Waals surface area contributed by atoms with Crippen molar-refractivity contribution in [2.24, 2.45) is 0 Å². The quantitative estimate of drug-likeness (QED) is 0.723. The van der Waals surface area contributed by atoms with Crippen molar-refractivity contribution in [3.05, 3.63) is 59.9 Å². The van der Waals surface area contributed by atoms with Crippen molar-refractivity contribution in [3.8, 4) is 0 Å². The van der Waals surface area contributed by atoms with Crippen LogP contribution >= 0.6 is 0 Å². The van der Waals surface area contributed by atoms with Crippen molar-refractivity contribution in [1.29, 1.82) is 0 Å². The Morgan fingerprint density at radius 3 is 2.14 bits per heavy atom. The van der Waals surface area contributed by atoms with E-state index in [1.165, 1.54) is 32.3 Å². The van der Waals surface area contributed by atoms with Crippen LogP contribution in [0.25, 0.3) is 0 Å². The summed E-state index contributed by atoms with van der Waals surface area (Å²) in [5.41, 5.74) is 1.71. The summed E-state index contributed by atoms with van der Waals surface area (Å²) in [5, 5.41) is 2.68. The van der Waals surface area contributed by atoms with Gasteiger partial charge in [0, 0.05) is 40.4 Å². The predicted molar refractivity (Wildman–Crippen MR) is 109 cm³/mol. The number of carbonyl (C=O) groups is 1. The first-order valence-electron chi connectivity index (χ1n) is 8.60. The van der Waals surface area contributed by atoms with Crippen molar-refractivity contribution < 1.29 is 17.6 Å². The molecule has 9 heteroatoms. The number of halogens is 1. The van der Waals surface area contributed by atoms with Crippen LogP contribution in [0, 0.1) is 5.82 Å². The minimum atomic E-state index is -4.05. The highest BCUT2D eigenvalue weighted by Crippen LogP contribution is 2.22. The van der Waals surface area contributed by atoms with E-state index in [1.54, 1.807) is 0 Å². The molecule has 0 saturated heterocycles. The molecule has 28 heavy (non-hydrogen) atoms. The number of anilines is 2. The summed E-state index contributed by atoms with van der Waals surface area (Å²) < 4.78 is 41.1. The average molecular weight is 408 g/mol. The van der Waals surface area contributed by atoms with Crippen LogP contribution in [0.3, 0.4) is 0 Å². The topological polar surface area (TPSA) is 73.0 Å². The highest BCUT2D eigenvalue weighted by molar-refractivity contribution is 7.90. The van der Waals surface area contributed by atoms with E-state index in [9.17, 15) is 17.6 Å². The maximum atomic E-state index is 14.2. The van der Waals surface area contributed by atoms with Gasteiger partial charge in [0.05, 0.1) is 5.69 Å². The summed E-state index contributed by atoms with van der Waals surface area (Å²) in [5.74, 6) is -1.26. The molecule has 0 saturated carbocycles. The van der Waals surface area contributed by atoms with E-state index >= 15 is 0 Å². The molecule has 0 unspecified atom stereocenters. The first-order valence-corrected chi connectivity index (χ1v) is 10.0. The van der Waals surface area contributed by atoms with Crippen molar-refractivity contribution >= 4 is 27.5 Å². The Balaban J connectivity index is 2.13. The summed E-state index contributed by atoms with van der Waals surface area (Å²) in [6.07, 6.45) is 0. The zero-order chi connectivity index (χ0) is 20.9. The first-order chi connectivity index (χ1) is 13.1. The zero-order valence-electron chi connectivity index (χ0n) is 16.4. The molecule has 0 aliphatic heterocycles. The van der Waals surface area contributed by atoms with Gasteiger partial charge in [-0.1, -0.05) is 24.3 Å². The Labute approximate surface area is 165 Å². The van der Waals surface area contributed by atoms with E-state index in [4.69, 9.17) is 0 Å². The third kappa shape index (κ3) is 5.20. The van der Waals surface area contributed by atoms with Crippen LogP contribution in [0.4, 0.5) is 15.8 Å². The van der Waals surface area contributed by atoms with Crippen LogP contribution in [-0.2, 0) is 21.5 Å². The van der Waals surface area contributed by atoms with E-state index in [1.807, 2.05) is 43.3 Å². The lowest BCUT2D eigenvalue weighted by Crippen LogP contribution is -2.46. The van der Waals surface area contributed by atoms with Crippen molar-refractivity contribution in [3.63, 3.8) is 0 Å². The van der Waals surface area contributed by atoms with Crippen LogP contribution in [-0.4, -0.2) is 53.4 Å². The van der Waals surface area contributed by atoms with E-state index in [-0.39, 0.29) is 12.2 Å². The number of amides is 1. The minimum absolute atomic E-state index is 0.179. The van der Waals surface area contributed by atoms with E-state index in [0.717, 1.165) is 25.9 Å². The Morgan fingerprint density at radius 2 is 1.61 bits per heavy atom. The van der Waals surface area contributed by atoms with E-state index in [0.29, 0.717) is 0 Å². The van der Waals surface area contributed by atoms with Crippen LogP contribution in [0.2, 0.25) is 0 Å². The van der Waals surface area contributed by atoms with Gasteiger partial charge in [-0.2, -0.15) is 12.7 Å². The molecule has 7 nitrogen and oxygen atoms in total. The largest absolute Gasteiger partial charge is 0.378 e. The number of rotatable bonds is 8. The molecule has 1 N–H and O–H groups in total. The molecule has 2 aromatic carbocycles. The number of carbonyl (C=O) groups excluding carboxylic acids is 1. The molecule has 0 aliphatic rings. The number of benzene rings is 2. The fourth-order valence-electron chi connectivity index (χ4n) is 2.44. The number of nitrogens with one attached hydrogen (secondary N) is 1. The number of hydrogen-bond donors (Lipinski definition) is 1. The fourth-order valence-corrected chi connectivity index (χ4v) is 3.51. The molecule has 0 aromatic heterocycles. The molecule has 0 spiro atoms. The van der Waals surface area contributed by atoms with Gasteiger partial charge in [-0.15, -0.1) is 0 Å². The van der Waals surface area contributed by atoms with Gasteiger partial charge < -0.3 is 10.2 Å². The number of nitrogens with zero attached hydrogens (tertiary/aromatic N) is 3. The van der Waals surface area contributed by atoms with Crippen molar-refractivity contribution in [2.75, 3.05) is 43.9 Å². The van der Waals surface area contributed by atoms with Gasteiger partial charge in [0.2, 0.25) is 5.91 Å². The monoisotopic (exact) mass is 408 g/mol. The van der Waals surface area contributed by atoms with Crippen LogP contribution < -0.4 is 14.5 Å². The van der Waals surface area contributed by atoms with Gasteiger partial charge in [0.1, 0.15) is 12.4 Å². The van der Waals surface area contributed by atoms with Crippen molar-refractivity contribution in [2.45, 2.75) is 6.54 Å². The highest BCUT2D eigenvalue weighted by Gasteiger charge is 2.29. The lowest BCUT2D eigenvalue weighted by molar-refractivity contribution is -0.119. The van der Waals surface area contributed by atoms with Crippen molar-refractivity contribution in [1.82, 2.24) is 9.62 Å². The van der Waals surface area contributed by atoms with Crippen LogP contribution in [0.1, 0.15) is 5.56 Å². The van der Waals surface area contributed by atoms with Gasteiger partial charge >= 0.3 is 10.2 Å². The summed E-state index contributed by atoms with van der Waals surface area (Å²) in [6, 6.07) is 13.0. The SMILES string of the molecule is CN(C)c1ccc(CNC(=O)CN(c2ccccc2F)S(=O)(=O)N(C)C)cc1. The fraction of sp³-hybridized carbons (Fsp3) is 0.316. The molecule has 0 bridgehead atoms. The van der Waals surface area contributed by atoms with Crippen LogP contribution in [0.15, 0.2) is 48.5 Å². The Hall–Kier alpha value is -2.65. The molecule has 0 heterocycles. The second kappa shape index (κ2) is 9.03.